The molecule has 0 amide bonds. The van der Waals surface area contributed by atoms with E-state index in [0.717, 1.165) is 18.8 Å². The summed E-state index contributed by atoms with van der Waals surface area (Å²) in [5, 5.41) is 7.18. The quantitative estimate of drug-likeness (QED) is 0.613. The van der Waals surface area contributed by atoms with Gasteiger partial charge in [0.25, 0.3) is 0 Å². The first-order valence-corrected chi connectivity index (χ1v) is 5.46. The van der Waals surface area contributed by atoms with Gasteiger partial charge in [-0.25, -0.2) is 4.98 Å². The van der Waals surface area contributed by atoms with Gasteiger partial charge in [0.1, 0.15) is 5.15 Å². The maximum atomic E-state index is 5.68. The second-order valence-corrected chi connectivity index (χ2v) is 4.86. The Hall–Kier alpha value is -0.800. The molecule has 1 aromatic heterocycles. The molecule has 0 radical (unpaired) electrons. The minimum atomic E-state index is 0.167. The molecule has 15 heavy (non-hydrogen) atoms. The summed E-state index contributed by atoms with van der Waals surface area (Å²) in [4.78, 5) is 3.99. The first-order valence-electron chi connectivity index (χ1n) is 5.08. The number of nitrogens with one attached hydrogen (secondary N) is 2. The first kappa shape index (κ1) is 12.3. The maximum absolute atomic E-state index is 5.68. The molecule has 1 heterocycles. The molecular formula is C11H18ClN3. The number of aromatic nitrogens is 1. The van der Waals surface area contributed by atoms with E-state index < -0.39 is 0 Å². The lowest BCUT2D eigenvalue weighted by atomic mass is 10.1. The van der Waals surface area contributed by atoms with E-state index in [1.165, 1.54) is 0 Å². The molecule has 0 fully saturated rings. The Morgan fingerprint density at radius 1 is 1.27 bits per heavy atom. The van der Waals surface area contributed by atoms with E-state index in [2.05, 4.69) is 36.4 Å². The summed E-state index contributed by atoms with van der Waals surface area (Å²) < 4.78 is 0. The van der Waals surface area contributed by atoms with Crippen LogP contribution in [0.5, 0.6) is 0 Å². The van der Waals surface area contributed by atoms with Crippen molar-refractivity contribution in [1.29, 1.82) is 0 Å². The number of anilines is 1. The third-order valence-corrected chi connectivity index (χ3v) is 2.06. The van der Waals surface area contributed by atoms with Gasteiger partial charge in [-0.05, 0) is 32.9 Å². The van der Waals surface area contributed by atoms with E-state index in [1.807, 2.05) is 6.07 Å². The Labute approximate surface area is 96.2 Å². The van der Waals surface area contributed by atoms with Gasteiger partial charge in [-0.15, -0.1) is 0 Å². The van der Waals surface area contributed by atoms with Gasteiger partial charge < -0.3 is 10.6 Å². The predicted octanol–water partition coefficient (Wildman–Crippen LogP) is 2.54. The van der Waals surface area contributed by atoms with Crippen LogP contribution < -0.4 is 10.6 Å². The smallest absolute Gasteiger partial charge is 0.129 e. The van der Waals surface area contributed by atoms with Crippen molar-refractivity contribution in [2.24, 2.45) is 0 Å². The highest BCUT2D eigenvalue weighted by atomic mass is 35.5. The van der Waals surface area contributed by atoms with Crippen LogP contribution in [0.15, 0.2) is 18.3 Å². The molecule has 0 aromatic carbocycles. The number of rotatable bonds is 4. The Morgan fingerprint density at radius 3 is 2.53 bits per heavy atom. The standard InChI is InChI=1S/C11H18ClN3/c1-11(2,3)15-7-6-13-9-4-5-10(12)14-8-9/h4-5,8,13,15H,6-7H2,1-3H3. The van der Waals surface area contributed by atoms with E-state index in [0.29, 0.717) is 5.15 Å². The topological polar surface area (TPSA) is 37.0 Å². The minimum Gasteiger partial charge on any atom is -0.383 e. The number of hydrogen-bond acceptors (Lipinski definition) is 3. The van der Waals surface area contributed by atoms with Crippen LogP contribution in [-0.4, -0.2) is 23.6 Å². The number of halogens is 1. The maximum Gasteiger partial charge on any atom is 0.129 e. The third kappa shape index (κ3) is 5.60. The van der Waals surface area contributed by atoms with Crippen LogP contribution in [0.3, 0.4) is 0 Å². The van der Waals surface area contributed by atoms with Gasteiger partial charge in [-0.3, -0.25) is 0 Å². The van der Waals surface area contributed by atoms with Gasteiger partial charge in [-0.1, -0.05) is 11.6 Å². The summed E-state index contributed by atoms with van der Waals surface area (Å²) in [5.41, 5.74) is 1.16. The summed E-state index contributed by atoms with van der Waals surface area (Å²) >= 11 is 5.68. The van der Waals surface area contributed by atoms with Gasteiger partial charge in [0, 0.05) is 18.6 Å². The number of pyridine rings is 1. The number of hydrogen-bond donors (Lipinski definition) is 2. The largest absolute Gasteiger partial charge is 0.383 e. The molecule has 0 atom stereocenters. The zero-order valence-electron chi connectivity index (χ0n) is 9.47. The zero-order valence-corrected chi connectivity index (χ0v) is 10.2. The highest BCUT2D eigenvalue weighted by Gasteiger charge is 2.06. The molecule has 0 spiro atoms. The van der Waals surface area contributed by atoms with Crippen molar-refractivity contribution < 1.29 is 0 Å². The molecule has 0 aliphatic rings. The highest BCUT2D eigenvalue weighted by molar-refractivity contribution is 6.29. The molecule has 0 aliphatic heterocycles. The van der Waals surface area contributed by atoms with Crippen molar-refractivity contribution in [3.05, 3.63) is 23.5 Å². The molecule has 3 nitrogen and oxygen atoms in total. The molecule has 1 aromatic rings. The van der Waals surface area contributed by atoms with Crippen LogP contribution in [0.25, 0.3) is 0 Å². The Balaban J connectivity index is 2.23. The molecule has 0 bridgehead atoms. The molecule has 0 saturated carbocycles. The predicted molar refractivity (Wildman–Crippen MR) is 65.5 cm³/mol. The van der Waals surface area contributed by atoms with E-state index >= 15 is 0 Å². The fourth-order valence-electron chi connectivity index (χ4n) is 1.12. The summed E-state index contributed by atoms with van der Waals surface area (Å²) in [6.45, 7) is 8.25. The average Bonchev–Trinajstić information content (AvgIpc) is 2.14. The van der Waals surface area contributed by atoms with E-state index in [4.69, 9.17) is 11.6 Å². The van der Waals surface area contributed by atoms with Crippen LogP contribution in [0.4, 0.5) is 5.69 Å². The van der Waals surface area contributed by atoms with Crippen LogP contribution >= 0.6 is 11.6 Å². The average molecular weight is 228 g/mol. The first-order chi connectivity index (χ1) is 6.97. The summed E-state index contributed by atoms with van der Waals surface area (Å²) in [6, 6.07) is 3.70. The fraction of sp³-hybridized carbons (Fsp3) is 0.545. The van der Waals surface area contributed by atoms with E-state index in [-0.39, 0.29) is 5.54 Å². The summed E-state index contributed by atoms with van der Waals surface area (Å²) in [5.74, 6) is 0. The van der Waals surface area contributed by atoms with E-state index in [9.17, 15) is 0 Å². The monoisotopic (exact) mass is 227 g/mol. The van der Waals surface area contributed by atoms with Crippen molar-refractivity contribution >= 4 is 17.3 Å². The lowest BCUT2D eigenvalue weighted by Crippen LogP contribution is -2.38. The van der Waals surface area contributed by atoms with Crippen LogP contribution in [0.1, 0.15) is 20.8 Å². The third-order valence-electron chi connectivity index (χ3n) is 1.84. The number of nitrogens with zero attached hydrogens (tertiary/aromatic N) is 1. The molecule has 2 N–H and O–H groups in total. The molecule has 0 unspecified atom stereocenters. The van der Waals surface area contributed by atoms with Crippen molar-refractivity contribution in [1.82, 2.24) is 10.3 Å². The summed E-state index contributed by atoms with van der Waals surface area (Å²) in [6.07, 6.45) is 1.74. The Bertz CT molecular complexity index is 290. The normalized spacial score (nSPS) is 11.5. The SMILES string of the molecule is CC(C)(C)NCCNc1ccc(Cl)nc1. The highest BCUT2D eigenvalue weighted by Crippen LogP contribution is 2.08. The zero-order chi connectivity index (χ0) is 11.3. The van der Waals surface area contributed by atoms with Gasteiger partial charge in [0.15, 0.2) is 0 Å². The summed E-state index contributed by atoms with van der Waals surface area (Å²) in [7, 11) is 0. The molecule has 4 heteroatoms. The van der Waals surface area contributed by atoms with Crippen molar-refractivity contribution in [2.75, 3.05) is 18.4 Å². The lowest BCUT2D eigenvalue weighted by Gasteiger charge is -2.20. The molecule has 0 aliphatic carbocycles. The van der Waals surface area contributed by atoms with Crippen molar-refractivity contribution in [3.8, 4) is 0 Å². The van der Waals surface area contributed by atoms with Gasteiger partial charge in [0.2, 0.25) is 0 Å². The minimum absolute atomic E-state index is 0.167. The van der Waals surface area contributed by atoms with Crippen LogP contribution in [0.2, 0.25) is 5.15 Å². The van der Waals surface area contributed by atoms with E-state index in [1.54, 1.807) is 12.3 Å². The molecular weight excluding hydrogens is 210 g/mol. The molecule has 84 valence electrons. The second kappa shape index (κ2) is 5.33. The fourth-order valence-corrected chi connectivity index (χ4v) is 1.24. The molecule has 0 saturated heterocycles. The lowest BCUT2D eigenvalue weighted by molar-refractivity contribution is 0.435. The van der Waals surface area contributed by atoms with Gasteiger partial charge in [0.05, 0.1) is 11.9 Å². The Morgan fingerprint density at radius 2 is 2.00 bits per heavy atom. The van der Waals surface area contributed by atoms with Crippen LogP contribution in [-0.2, 0) is 0 Å². The Kier molecular flexibility index (Phi) is 4.36. The van der Waals surface area contributed by atoms with Crippen molar-refractivity contribution in [3.63, 3.8) is 0 Å². The van der Waals surface area contributed by atoms with Gasteiger partial charge in [-0.2, -0.15) is 0 Å². The second-order valence-electron chi connectivity index (χ2n) is 4.47. The van der Waals surface area contributed by atoms with Gasteiger partial charge >= 0.3 is 0 Å². The van der Waals surface area contributed by atoms with Crippen LogP contribution in [0, 0.1) is 0 Å². The van der Waals surface area contributed by atoms with Crippen molar-refractivity contribution in [2.45, 2.75) is 26.3 Å². The molecule has 1 rings (SSSR count).